The van der Waals surface area contributed by atoms with E-state index < -0.39 is 0 Å². The second-order valence-corrected chi connectivity index (χ2v) is 4.62. The quantitative estimate of drug-likeness (QED) is 0.648. The molecule has 2 aromatic heterocycles. The summed E-state index contributed by atoms with van der Waals surface area (Å²) in [4.78, 5) is 0.801. The van der Waals surface area contributed by atoms with Gasteiger partial charge in [-0.25, -0.2) is 0 Å². The normalized spacial score (nSPS) is 11.1. The van der Waals surface area contributed by atoms with Gasteiger partial charge in [-0.3, -0.25) is 0 Å². The summed E-state index contributed by atoms with van der Waals surface area (Å²) in [7, 11) is 0. The molecular formula is C10H9N5S. The van der Waals surface area contributed by atoms with Crippen molar-refractivity contribution in [3.05, 3.63) is 29.3 Å². The molecule has 1 aromatic carbocycles. The van der Waals surface area contributed by atoms with Crippen LogP contribution in [0.15, 0.2) is 24.3 Å². The van der Waals surface area contributed by atoms with Crippen LogP contribution in [-0.2, 0) is 0 Å². The van der Waals surface area contributed by atoms with Gasteiger partial charge in [0.1, 0.15) is 5.01 Å². The number of benzene rings is 1. The van der Waals surface area contributed by atoms with E-state index in [4.69, 9.17) is 5.73 Å². The molecule has 16 heavy (non-hydrogen) atoms. The Morgan fingerprint density at radius 1 is 1.31 bits per heavy atom. The molecule has 3 rings (SSSR count). The van der Waals surface area contributed by atoms with Gasteiger partial charge >= 0.3 is 0 Å². The van der Waals surface area contributed by atoms with Gasteiger partial charge in [0.25, 0.3) is 0 Å². The Balaban J connectivity index is 2.25. The van der Waals surface area contributed by atoms with Gasteiger partial charge in [-0.05, 0) is 19.1 Å². The maximum atomic E-state index is 5.74. The summed E-state index contributed by atoms with van der Waals surface area (Å²) >= 11 is 1.52. The number of aryl methyl sites for hydroxylation is 1. The van der Waals surface area contributed by atoms with Crippen LogP contribution in [0.2, 0.25) is 0 Å². The Labute approximate surface area is 95.5 Å². The molecule has 0 saturated heterocycles. The maximum absolute atomic E-state index is 5.74. The molecule has 2 N–H and O–H groups in total. The lowest BCUT2D eigenvalue weighted by Gasteiger charge is -1.97. The highest BCUT2D eigenvalue weighted by atomic mass is 32.1. The zero-order valence-electron chi connectivity index (χ0n) is 8.58. The molecule has 80 valence electrons. The molecule has 0 aliphatic heterocycles. The Morgan fingerprint density at radius 2 is 2.19 bits per heavy atom. The second-order valence-electron chi connectivity index (χ2n) is 3.46. The molecule has 0 aliphatic rings. The number of nitrogens with two attached hydrogens (primary N) is 1. The lowest BCUT2D eigenvalue weighted by molar-refractivity contribution is 0.941. The van der Waals surface area contributed by atoms with E-state index in [1.165, 1.54) is 11.3 Å². The van der Waals surface area contributed by atoms with Crippen molar-refractivity contribution in [2.45, 2.75) is 6.92 Å². The van der Waals surface area contributed by atoms with Crippen LogP contribution in [0, 0.1) is 6.92 Å². The van der Waals surface area contributed by atoms with E-state index in [2.05, 4.69) is 15.3 Å². The molecule has 2 heterocycles. The first-order chi connectivity index (χ1) is 7.74. The zero-order chi connectivity index (χ0) is 11.1. The standard InChI is InChI=1S/C10H9N5S/c1-6-14-15-9(12-13-10(15)16-6)7-3-2-4-8(11)5-7/h2-5H,11H2,1H3. The summed E-state index contributed by atoms with van der Waals surface area (Å²) in [6.45, 7) is 1.95. The van der Waals surface area contributed by atoms with Gasteiger partial charge in [0, 0.05) is 11.3 Å². The van der Waals surface area contributed by atoms with Crippen LogP contribution in [0.1, 0.15) is 5.01 Å². The Kier molecular flexibility index (Phi) is 1.90. The minimum atomic E-state index is 0.709. The summed E-state index contributed by atoms with van der Waals surface area (Å²) in [6.07, 6.45) is 0. The van der Waals surface area contributed by atoms with Crippen LogP contribution in [-0.4, -0.2) is 19.8 Å². The van der Waals surface area contributed by atoms with Crippen molar-refractivity contribution in [1.29, 1.82) is 0 Å². The number of nitrogen functional groups attached to an aromatic ring is 1. The summed E-state index contributed by atoms with van der Waals surface area (Å²) in [5.41, 5.74) is 7.38. The van der Waals surface area contributed by atoms with Crippen molar-refractivity contribution in [3.63, 3.8) is 0 Å². The molecule has 0 radical (unpaired) electrons. The molecule has 0 aliphatic carbocycles. The minimum absolute atomic E-state index is 0.709. The Bertz CT molecular complexity index is 654. The summed E-state index contributed by atoms with van der Waals surface area (Å²) in [5.74, 6) is 0.728. The number of aromatic nitrogens is 4. The lowest BCUT2D eigenvalue weighted by Crippen LogP contribution is -1.92. The van der Waals surface area contributed by atoms with Crippen LogP contribution >= 0.6 is 11.3 Å². The summed E-state index contributed by atoms with van der Waals surface area (Å²) in [5, 5.41) is 13.5. The SMILES string of the molecule is Cc1nn2c(-c3cccc(N)c3)nnc2s1. The number of fused-ring (bicyclic) bond motifs is 1. The van der Waals surface area contributed by atoms with E-state index in [-0.39, 0.29) is 0 Å². The highest BCUT2D eigenvalue weighted by Crippen LogP contribution is 2.22. The molecule has 0 amide bonds. The largest absolute Gasteiger partial charge is 0.399 e. The zero-order valence-corrected chi connectivity index (χ0v) is 9.40. The van der Waals surface area contributed by atoms with Crippen LogP contribution in [0.25, 0.3) is 16.3 Å². The first kappa shape index (κ1) is 9.29. The number of hydrogen-bond acceptors (Lipinski definition) is 5. The van der Waals surface area contributed by atoms with Crippen LogP contribution in [0.4, 0.5) is 5.69 Å². The second kappa shape index (κ2) is 3.28. The van der Waals surface area contributed by atoms with Crippen LogP contribution in [0.5, 0.6) is 0 Å². The molecule has 0 bridgehead atoms. The number of nitrogens with zero attached hydrogens (tertiary/aromatic N) is 4. The highest BCUT2D eigenvalue weighted by molar-refractivity contribution is 7.16. The van der Waals surface area contributed by atoms with E-state index in [0.717, 1.165) is 21.4 Å². The summed E-state index contributed by atoms with van der Waals surface area (Å²) < 4.78 is 1.74. The van der Waals surface area contributed by atoms with E-state index in [1.807, 2.05) is 31.2 Å². The average Bonchev–Trinajstić information content (AvgIpc) is 2.76. The first-order valence-corrected chi connectivity index (χ1v) is 5.60. The Morgan fingerprint density at radius 3 is 3.00 bits per heavy atom. The van der Waals surface area contributed by atoms with Gasteiger partial charge in [-0.1, -0.05) is 23.5 Å². The molecule has 0 saturated carbocycles. The molecular weight excluding hydrogens is 222 g/mol. The number of hydrogen-bond donors (Lipinski definition) is 1. The third-order valence-corrected chi connectivity index (χ3v) is 3.05. The van der Waals surface area contributed by atoms with E-state index in [1.54, 1.807) is 4.52 Å². The minimum Gasteiger partial charge on any atom is -0.399 e. The van der Waals surface area contributed by atoms with Gasteiger partial charge in [0.2, 0.25) is 4.96 Å². The van der Waals surface area contributed by atoms with Crippen molar-refractivity contribution in [2.24, 2.45) is 0 Å². The third-order valence-electron chi connectivity index (χ3n) is 2.24. The third kappa shape index (κ3) is 1.35. The molecule has 0 atom stereocenters. The lowest BCUT2D eigenvalue weighted by atomic mass is 10.2. The van der Waals surface area contributed by atoms with Crippen molar-refractivity contribution in [2.75, 3.05) is 5.73 Å². The van der Waals surface area contributed by atoms with Crippen molar-refractivity contribution in [3.8, 4) is 11.4 Å². The fourth-order valence-electron chi connectivity index (χ4n) is 1.57. The molecule has 5 nitrogen and oxygen atoms in total. The maximum Gasteiger partial charge on any atom is 0.234 e. The van der Waals surface area contributed by atoms with E-state index in [9.17, 15) is 0 Å². The topological polar surface area (TPSA) is 69.1 Å². The molecule has 3 aromatic rings. The van der Waals surface area contributed by atoms with Gasteiger partial charge in [0.05, 0.1) is 0 Å². The molecule has 0 fully saturated rings. The first-order valence-electron chi connectivity index (χ1n) is 4.79. The number of anilines is 1. The van der Waals surface area contributed by atoms with Crippen LogP contribution in [0.3, 0.4) is 0 Å². The summed E-state index contributed by atoms with van der Waals surface area (Å²) in [6, 6.07) is 7.55. The van der Waals surface area contributed by atoms with Gasteiger partial charge < -0.3 is 5.73 Å². The number of rotatable bonds is 1. The van der Waals surface area contributed by atoms with Crippen molar-refractivity contribution in [1.82, 2.24) is 19.8 Å². The van der Waals surface area contributed by atoms with Crippen molar-refractivity contribution < 1.29 is 0 Å². The highest BCUT2D eigenvalue weighted by Gasteiger charge is 2.11. The van der Waals surface area contributed by atoms with Gasteiger partial charge in [-0.2, -0.15) is 9.61 Å². The molecule has 0 unspecified atom stereocenters. The fraction of sp³-hybridized carbons (Fsp3) is 0.100. The predicted octanol–water partition coefficient (Wildman–Crippen LogP) is 1.74. The van der Waals surface area contributed by atoms with Crippen molar-refractivity contribution >= 4 is 22.0 Å². The van der Waals surface area contributed by atoms with Gasteiger partial charge in [0.15, 0.2) is 5.82 Å². The predicted molar refractivity (Wildman–Crippen MR) is 63.2 cm³/mol. The van der Waals surface area contributed by atoms with Gasteiger partial charge in [-0.15, -0.1) is 10.2 Å². The molecule has 6 heteroatoms. The van der Waals surface area contributed by atoms with Crippen LogP contribution < -0.4 is 5.73 Å². The Hall–Kier alpha value is -1.95. The average molecular weight is 231 g/mol. The monoisotopic (exact) mass is 231 g/mol. The fourth-order valence-corrected chi connectivity index (χ4v) is 2.25. The van der Waals surface area contributed by atoms with E-state index in [0.29, 0.717) is 5.69 Å². The smallest absolute Gasteiger partial charge is 0.234 e. The molecule has 0 spiro atoms. The van der Waals surface area contributed by atoms with E-state index >= 15 is 0 Å².